The lowest BCUT2D eigenvalue weighted by Gasteiger charge is -2.30. The number of ether oxygens (including phenoxy) is 1. The summed E-state index contributed by atoms with van der Waals surface area (Å²) < 4.78 is 42.1. The van der Waals surface area contributed by atoms with Gasteiger partial charge in [0.1, 0.15) is 0 Å². The Hall–Kier alpha value is -0.780. The lowest BCUT2D eigenvalue weighted by atomic mass is 9.75. The van der Waals surface area contributed by atoms with Crippen LogP contribution >= 0.6 is 0 Å². The molecule has 2 fully saturated rings. The highest BCUT2D eigenvalue weighted by Gasteiger charge is 2.56. The monoisotopic (exact) mass is 252 g/mol. The molecule has 1 heterocycles. The van der Waals surface area contributed by atoms with Crippen molar-refractivity contribution in [2.75, 3.05) is 6.61 Å². The minimum absolute atomic E-state index is 0.141. The van der Waals surface area contributed by atoms with Crippen molar-refractivity contribution in [1.82, 2.24) is 0 Å². The van der Waals surface area contributed by atoms with Crippen LogP contribution in [0.25, 0.3) is 0 Å². The van der Waals surface area contributed by atoms with Crippen LogP contribution in [-0.2, 0) is 9.53 Å². The maximum Gasteiger partial charge on any atom is 0.389 e. The Kier molecular flexibility index (Phi) is 3.10. The van der Waals surface area contributed by atoms with Crippen molar-refractivity contribution in [3.8, 4) is 0 Å². The highest BCUT2D eigenvalue weighted by Crippen LogP contribution is 2.51. The summed E-state index contributed by atoms with van der Waals surface area (Å²) in [4.78, 5) is 11.3. The van der Waals surface area contributed by atoms with E-state index in [4.69, 9.17) is 4.74 Å². The van der Waals surface area contributed by atoms with E-state index in [9.17, 15) is 23.1 Å². The van der Waals surface area contributed by atoms with Gasteiger partial charge < -0.3 is 9.84 Å². The number of carboxylic acid groups (broad SMARTS) is 1. The van der Waals surface area contributed by atoms with Crippen molar-refractivity contribution in [3.63, 3.8) is 0 Å². The Bertz CT molecular complexity index is 312. The van der Waals surface area contributed by atoms with Gasteiger partial charge in [-0.1, -0.05) is 0 Å². The Morgan fingerprint density at radius 3 is 2.53 bits per heavy atom. The molecule has 1 N–H and O–H groups in total. The summed E-state index contributed by atoms with van der Waals surface area (Å²) in [7, 11) is 0. The van der Waals surface area contributed by atoms with Crippen molar-refractivity contribution in [2.24, 2.45) is 11.3 Å². The average molecular weight is 252 g/mol. The van der Waals surface area contributed by atoms with Gasteiger partial charge in [0.15, 0.2) is 0 Å². The van der Waals surface area contributed by atoms with Gasteiger partial charge in [0.25, 0.3) is 0 Å². The summed E-state index contributed by atoms with van der Waals surface area (Å²) in [5.41, 5.74) is -1.32. The highest BCUT2D eigenvalue weighted by molar-refractivity contribution is 5.76. The highest BCUT2D eigenvalue weighted by atomic mass is 19.4. The molecular formula is C11H15F3O3. The van der Waals surface area contributed by atoms with Gasteiger partial charge in [-0.25, -0.2) is 0 Å². The first-order chi connectivity index (χ1) is 7.85. The first-order valence-corrected chi connectivity index (χ1v) is 5.77. The number of carbonyl (C=O) groups is 1. The molecular weight excluding hydrogens is 237 g/mol. The molecule has 2 atom stereocenters. The van der Waals surface area contributed by atoms with Crippen LogP contribution in [0.15, 0.2) is 0 Å². The topological polar surface area (TPSA) is 46.5 Å². The minimum atomic E-state index is -4.31. The van der Waals surface area contributed by atoms with Gasteiger partial charge in [-0.05, 0) is 31.6 Å². The van der Waals surface area contributed by atoms with E-state index < -0.39 is 30.1 Å². The summed E-state index contributed by atoms with van der Waals surface area (Å²) >= 11 is 0. The van der Waals surface area contributed by atoms with Gasteiger partial charge in [0.05, 0.1) is 11.5 Å². The minimum Gasteiger partial charge on any atom is -0.481 e. The van der Waals surface area contributed by atoms with Gasteiger partial charge in [-0.3, -0.25) is 4.79 Å². The predicted octanol–water partition coefficient (Wildman–Crippen LogP) is 2.60. The Morgan fingerprint density at radius 2 is 2.06 bits per heavy atom. The molecule has 1 aliphatic heterocycles. The van der Waals surface area contributed by atoms with Crippen LogP contribution < -0.4 is 0 Å². The van der Waals surface area contributed by atoms with E-state index in [0.717, 1.165) is 12.8 Å². The number of carboxylic acids is 1. The smallest absolute Gasteiger partial charge is 0.389 e. The molecule has 1 aliphatic carbocycles. The molecule has 0 aromatic carbocycles. The van der Waals surface area contributed by atoms with Crippen molar-refractivity contribution in [2.45, 2.75) is 44.4 Å². The maximum atomic E-state index is 12.3. The van der Waals surface area contributed by atoms with E-state index in [1.165, 1.54) is 0 Å². The second-order valence-corrected chi connectivity index (χ2v) is 4.96. The SMILES string of the molecule is O=C(O)C1(CCC(F)(F)F)CCOC1C1CC1. The summed E-state index contributed by atoms with van der Waals surface area (Å²) in [6, 6.07) is 0. The molecule has 0 radical (unpaired) electrons. The van der Waals surface area contributed by atoms with Crippen LogP contribution in [0.1, 0.15) is 32.1 Å². The lowest BCUT2D eigenvalue weighted by Crippen LogP contribution is -2.41. The summed E-state index contributed by atoms with van der Waals surface area (Å²) in [6.07, 6.45) is -4.32. The zero-order valence-corrected chi connectivity index (χ0v) is 9.29. The fourth-order valence-corrected chi connectivity index (χ4v) is 2.62. The van der Waals surface area contributed by atoms with E-state index in [0.29, 0.717) is 0 Å². The third-order valence-electron chi connectivity index (χ3n) is 3.72. The molecule has 0 bridgehead atoms. The standard InChI is InChI=1S/C11H15F3O3/c12-11(13,14)4-3-10(9(15)16)5-6-17-8(10)7-1-2-7/h7-8H,1-6H2,(H,15,16). The van der Waals surface area contributed by atoms with Crippen molar-refractivity contribution in [1.29, 1.82) is 0 Å². The molecule has 98 valence electrons. The van der Waals surface area contributed by atoms with Crippen LogP contribution in [0.4, 0.5) is 13.2 Å². The molecule has 2 aliphatic rings. The van der Waals surface area contributed by atoms with Gasteiger partial charge in [0, 0.05) is 13.0 Å². The van der Waals surface area contributed by atoms with E-state index in [2.05, 4.69) is 0 Å². The Labute approximate surface area is 96.9 Å². The molecule has 6 heteroatoms. The quantitative estimate of drug-likeness (QED) is 0.836. The largest absolute Gasteiger partial charge is 0.481 e. The van der Waals surface area contributed by atoms with E-state index in [-0.39, 0.29) is 25.4 Å². The number of hydrogen-bond donors (Lipinski definition) is 1. The molecule has 17 heavy (non-hydrogen) atoms. The molecule has 0 aromatic rings. The molecule has 3 nitrogen and oxygen atoms in total. The van der Waals surface area contributed by atoms with Gasteiger partial charge >= 0.3 is 12.1 Å². The number of rotatable bonds is 4. The molecule has 0 spiro atoms. The zero-order valence-electron chi connectivity index (χ0n) is 9.29. The number of hydrogen-bond acceptors (Lipinski definition) is 2. The number of aliphatic carboxylic acids is 1. The number of halogens is 3. The Balaban J connectivity index is 2.11. The predicted molar refractivity (Wildman–Crippen MR) is 52.4 cm³/mol. The normalized spacial score (nSPS) is 33.9. The van der Waals surface area contributed by atoms with Crippen LogP contribution in [0.3, 0.4) is 0 Å². The number of alkyl halides is 3. The van der Waals surface area contributed by atoms with Crippen molar-refractivity contribution in [3.05, 3.63) is 0 Å². The van der Waals surface area contributed by atoms with Crippen LogP contribution in [-0.4, -0.2) is 30.0 Å². The second kappa shape index (κ2) is 4.15. The van der Waals surface area contributed by atoms with Crippen molar-refractivity contribution >= 4 is 5.97 Å². The second-order valence-electron chi connectivity index (χ2n) is 4.96. The Morgan fingerprint density at radius 1 is 1.41 bits per heavy atom. The zero-order chi connectivity index (χ0) is 12.7. The molecule has 0 amide bonds. The first-order valence-electron chi connectivity index (χ1n) is 5.77. The van der Waals surface area contributed by atoms with Crippen molar-refractivity contribution < 1.29 is 27.8 Å². The van der Waals surface area contributed by atoms with E-state index in [1.807, 2.05) is 0 Å². The summed E-state index contributed by atoms with van der Waals surface area (Å²) in [6.45, 7) is 0.255. The maximum absolute atomic E-state index is 12.3. The lowest BCUT2D eigenvalue weighted by molar-refractivity contribution is -0.163. The molecule has 2 rings (SSSR count). The van der Waals surface area contributed by atoms with Gasteiger partial charge in [-0.2, -0.15) is 13.2 Å². The summed E-state index contributed by atoms with van der Waals surface area (Å²) in [5.74, 6) is -1.00. The third kappa shape index (κ3) is 2.56. The van der Waals surface area contributed by atoms with E-state index in [1.54, 1.807) is 0 Å². The first kappa shape index (κ1) is 12.7. The van der Waals surface area contributed by atoms with Gasteiger partial charge in [0.2, 0.25) is 0 Å². The molecule has 1 saturated heterocycles. The third-order valence-corrected chi connectivity index (χ3v) is 3.72. The molecule has 1 saturated carbocycles. The van der Waals surface area contributed by atoms with Crippen LogP contribution in [0, 0.1) is 11.3 Å². The average Bonchev–Trinajstić information content (AvgIpc) is 2.94. The molecule has 0 aromatic heterocycles. The fourth-order valence-electron chi connectivity index (χ4n) is 2.62. The summed E-state index contributed by atoms with van der Waals surface area (Å²) in [5, 5.41) is 9.26. The van der Waals surface area contributed by atoms with Crippen LogP contribution in [0.5, 0.6) is 0 Å². The van der Waals surface area contributed by atoms with E-state index >= 15 is 0 Å². The van der Waals surface area contributed by atoms with Crippen LogP contribution in [0.2, 0.25) is 0 Å². The molecule has 2 unspecified atom stereocenters. The van der Waals surface area contributed by atoms with Gasteiger partial charge in [-0.15, -0.1) is 0 Å². The fraction of sp³-hybridized carbons (Fsp3) is 0.909.